The van der Waals surface area contributed by atoms with Crippen molar-refractivity contribution in [1.29, 1.82) is 0 Å². The molecule has 4 amide bonds. The lowest BCUT2D eigenvalue weighted by Crippen LogP contribution is -2.41. The van der Waals surface area contributed by atoms with E-state index in [-0.39, 0.29) is 23.8 Å². The Bertz CT molecular complexity index is 858. The molecule has 28 heavy (non-hydrogen) atoms. The maximum atomic E-state index is 12.6. The van der Waals surface area contributed by atoms with Crippen LogP contribution < -0.4 is 15.5 Å². The summed E-state index contributed by atoms with van der Waals surface area (Å²) in [4.78, 5) is 40.9. The molecule has 2 aliphatic heterocycles. The van der Waals surface area contributed by atoms with Crippen molar-refractivity contribution in [3.05, 3.63) is 46.7 Å². The molecule has 0 unspecified atom stereocenters. The number of hydrogen-bond donors (Lipinski definition) is 2. The van der Waals surface area contributed by atoms with Gasteiger partial charge in [0, 0.05) is 43.5 Å². The predicted molar refractivity (Wildman–Crippen MR) is 109 cm³/mol. The number of carbonyl (C=O) groups excluding carboxylic acids is 3. The summed E-state index contributed by atoms with van der Waals surface area (Å²) in [7, 11) is 0. The van der Waals surface area contributed by atoms with Crippen molar-refractivity contribution in [2.75, 3.05) is 36.4 Å². The second-order valence-electron chi connectivity index (χ2n) is 6.96. The molecule has 0 radical (unpaired) electrons. The van der Waals surface area contributed by atoms with Crippen molar-refractivity contribution in [3.8, 4) is 0 Å². The minimum atomic E-state index is -0.101. The molecular formula is C20H22N4O3S. The summed E-state index contributed by atoms with van der Waals surface area (Å²) in [6.07, 6.45) is 1.32. The number of rotatable bonds is 4. The maximum absolute atomic E-state index is 12.6. The van der Waals surface area contributed by atoms with Crippen LogP contribution in [-0.2, 0) is 4.79 Å². The molecule has 2 N–H and O–H groups in total. The normalized spacial score (nSPS) is 17.5. The van der Waals surface area contributed by atoms with E-state index < -0.39 is 0 Å². The first-order valence-corrected chi connectivity index (χ1v) is 10.3. The van der Waals surface area contributed by atoms with Crippen LogP contribution >= 0.6 is 11.3 Å². The molecule has 0 spiro atoms. The Morgan fingerprint density at radius 3 is 2.43 bits per heavy atom. The highest BCUT2D eigenvalue weighted by molar-refractivity contribution is 7.12. The van der Waals surface area contributed by atoms with E-state index in [9.17, 15) is 14.4 Å². The van der Waals surface area contributed by atoms with Crippen LogP contribution in [0.5, 0.6) is 0 Å². The van der Waals surface area contributed by atoms with Crippen LogP contribution in [0.4, 0.5) is 16.2 Å². The van der Waals surface area contributed by atoms with Gasteiger partial charge < -0.3 is 15.5 Å². The minimum Gasteiger partial charge on any atom is -0.338 e. The predicted octanol–water partition coefficient (Wildman–Crippen LogP) is 2.77. The molecule has 0 atom stereocenters. The lowest BCUT2D eigenvalue weighted by atomic mass is 9.95. The molecule has 2 aromatic rings. The van der Waals surface area contributed by atoms with E-state index >= 15 is 0 Å². The lowest BCUT2D eigenvalue weighted by Gasteiger charge is -2.31. The number of anilines is 2. The van der Waals surface area contributed by atoms with Crippen LogP contribution in [0, 0.1) is 5.92 Å². The molecule has 2 fully saturated rings. The highest BCUT2D eigenvalue weighted by Crippen LogP contribution is 2.24. The zero-order valence-corrected chi connectivity index (χ0v) is 16.2. The number of carbonyl (C=O) groups is 3. The molecule has 3 heterocycles. The van der Waals surface area contributed by atoms with Crippen molar-refractivity contribution < 1.29 is 14.4 Å². The Kier molecular flexibility index (Phi) is 5.29. The molecule has 1 aromatic carbocycles. The number of hydrogen-bond acceptors (Lipinski definition) is 4. The van der Waals surface area contributed by atoms with Gasteiger partial charge in [0.1, 0.15) is 0 Å². The number of piperidine rings is 1. The Hall–Kier alpha value is -2.87. The highest BCUT2D eigenvalue weighted by atomic mass is 32.1. The molecule has 7 nitrogen and oxygen atoms in total. The quantitative estimate of drug-likeness (QED) is 0.831. The SMILES string of the molecule is O=C(Nc1ccc(N2CCNC2=O)cc1)C1CCN(C(=O)c2cccs2)CC1. The number of likely N-dealkylation sites (tertiary alicyclic amines) is 1. The van der Waals surface area contributed by atoms with Gasteiger partial charge in [0.25, 0.3) is 5.91 Å². The number of nitrogens with zero attached hydrogens (tertiary/aromatic N) is 2. The molecule has 4 rings (SSSR count). The van der Waals surface area contributed by atoms with E-state index in [0.717, 1.165) is 10.6 Å². The monoisotopic (exact) mass is 398 g/mol. The summed E-state index contributed by atoms with van der Waals surface area (Å²) in [5, 5.41) is 7.62. The third kappa shape index (κ3) is 3.87. The highest BCUT2D eigenvalue weighted by Gasteiger charge is 2.28. The summed E-state index contributed by atoms with van der Waals surface area (Å²) >= 11 is 1.44. The Labute approximate surface area is 167 Å². The summed E-state index contributed by atoms with van der Waals surface area (Å²) < 4.78 is 0. The van der Waals surface area contributed by atoms with Crippen LogP contribution in [0.3, 0.4) is 0 Å². The molecule has 1 aromatic heterocycles. The summed E-state index contributed by atoms with van der Waals surface area (Å²) in [6.45, 7) is 2.48. The summed E-state index contributed by atoms with van der Waals surface area (Å²) in [5.74, 6) is -0.0679. The van der Waals surface area contributed by atoms with Crippen molar-refractivity contribution in [1.82, 2.24) is 10.2 Å². The molecule has 146 valence electrons. The average Bonchev–Trinajstić information content (AvgIpc) is 3.40. The van der Waals surface area contributed by atoms with Crippen molar-refractivity contribution in [2.24, 2.45) is 5.92 Å². The fraction of sp³-hybridized carbons (Fsp3) is 0.350. The topological polar surface area (TPSA) is 81.8 Å². The first-order valence-electron chi connectivity index (χ1n) is 9.41. The Morgan fingerprint density at radius 2 is 1.82 bits per heavy atom. The smallest absolute Gasteiger partial charge is 0.321 e. The first kappa shape index (κ1) is 18.5. The van der Waals surface area contributed by atoms with Gasteiger partial charge in [-0.05, 0) is 48.6 Å². The number of thiophene rings is 1. The zero-order chi connectivity index (χ0) is 19.5. The zero-order valence-electron chi connectivity index (χ0n) is 15.4. The maximum Gasteiger partial charge on any atom is 0.321 e. The number of nitrogens with one attached hydrogen (secondary N) is 2. The first-order chi connectivity index (χ1) is 13.6. The van der Waals surface area contributed by atoms with Gasteiger partial charge in [-0.25, -0.2) is 4.79 Å². The van der Waals surface area contributed by atoms with E-state index in [4.69, 9.17) is 0 Å². The van der Waals surface area contributed by atoms with Crippen LogP contribution in [0.15, 0.2) is 41.8 Å². The molecule has 0 aliphatic carbocycles. The minimum absolute atomic E-state index is 0.0186. The number of urea groups is 1. The molecule has 0 bridgehead atoms. The van der Waals surface area contributed by atoms with Gasteiger partial charge in [-0.2, -0.15) is 0 Å². The van der Waals surface area contributed by atoms with E-state index in [1.165, 1.54) is 11.3 Å². The van der Waals surface area contributed by atoms with Gasteiger partial charge in [0.15, 0.2) is 0 Å². The van der Waals surface area contributed by atoms with Gasteiger partial charge in [0.2, 0.25) is 5.91 Å². The average molecular weight is 398 g/mol. The third-order valence-corrected chi connectivity index (χ3v) is 6.05. The van der Waals surface area contributed by atoms with Crippen molar-refractivity contribution in [3.63, 3.8) is 0 Å². The van der Waals surface area contributed by atoms with Crippen LogP contribution in [0.1, 0.15) is 22.5 Å². The lowest BCUT2D eigenvalue weighted by molar-refractivity contribution is -0.121. The van der Waals surface area contributed by atoms with E-state index in [1.54, 1.807) is 4.90 Å². The summed E-state index contributed by atoms with van der Waals surface area (Å²) in [6, 6.07) is 10.9. The van der Waals surface area contributed by atoms with E-state index in [0.29, 0.717) is 44.7 Å². The number of amides is 4. The van der Waals surface area contributed by atoms with Crippen molar-refractivity contribution in [2.45, 2.75) is 12.8 Å². The molecule has 2 saturated heterocycles. The molecular weight excluding hydrogens is 376 g/mol. The fourth-order valence-corrected chi connectivity index (χ4v) is 4.28. The second-order valence-corrected chi connectivity index (χ2v) is 7.91. The molecule has 0 saturated carbocycles. The van der Waals surface area contributed by atoms with Gasteiger partial charge >= 0.3 is 6.03 Å². The van der Waals surface area contributed by atoms with Gasteiger partial charge in [-0.1, -0.05) is 6.07 Å². The van der Waals surface area contributed by atoms with E-state index in [2.05, 4.69) is 10.6 Å². The second kappa shape index (κ2) is 8.02. The Morgan fingerprint density at radius 1 is 1.07 bits per heavy atom. The fourth-order valence-electron chi connectivity index (χ4n) is 3.59. The Balaban J connectivity index is 1.30. The van der Waals surface area contributed by atoms with Crippen LogP contribution in [0.2, 0.25) is 0 Å². The van der Waals surface area contributed by atoms with E-state index in [1.807, 2.05) is 46.7 Å². The van der Waals surface area contributed by atoms with Gasteiger partial charge in [0.05, 0.1) is 4.88 Å². The molecule has 2 aliphatic rings. The third-order valence-electron chi connectivity index (χ3n) is 5.19. The van der Waals surface area contributed by atoms with Crippen LogP contribution in [0.25, 0.3) is 0 Å². The van der Waals surface area contributed by atoms with Crippen molar-refractivity contribution >= 4 is 40.6 Å². The molecule has 8 heteroatoms. The summed E-state index contributed by atoms with van der Waals surface area (Å²) in [5.41, 5.74) is 1.53. The number of benzene rings is 1. The van der Waals surface area contributed by atoms with Crippen LogP contribution in [-0.4, -0.2) is 48.9 Å². The standard InChI is InChI=1S/C20H22N4O3S/c25-18(14-7-10-23(11-8-14)19(26)17-2-1-13-28-17)22-15-3-5-16(6-4-15)24-12-9-21-20(24)27/h1-6,13-14H,7-12H2,(H,21,27)(H,22,25). The van der Waals surface area contributed by atoms with Gasteiger partial charge in [-0.3, -0.25) is 14.5 Å². The van der Waals surface area contributed by atoms with Gasteiger partial charge in [-0.15, -0.1) is 11.3 Å². The largest absolute Gasteiger partial charge is 0.338 e.